The van der Waals surface area contributed by atoms with Crippen LogP contribution in [0.3, 0.4) is 0 Å². The van der Waals surface area contributed by atoms with Crippen molar-refractivity contribution in [3.63, 3.8) is 0 Å². The van der Waals surface area contributed by atoms with Crippen molar-refractivity contribution in [3.8, 4) is 28.5 Å². The molecule has 0 saturated carbocycles. The largest absolute Gasteiger partial charge is 0.493 e. The number of pyridine rings is 1. The van der Waals surface area contributed by atoms with Crippen LogP contribution in [0.2, 0.25) is 0 Å². The van der Waals surface area contributed by atoms with Crippen LogP contribution in [-0.4, -0.2) is 76.0 Å². The first-order valence-corrected chi connectivity index (χ1v) is 10.8. The first kappa shape index (κ1) is 23.3. The number of aromatic nitrogens is 1. The Morgan fingerprint density at radius 1 is 0.971 bits per heavy atom. The van der Waals surface area contributed by atoms with E-state index in [4.69, 9.17) is 28.7 Å². The average molecular weight is 466 g/mol. The molecule has 0 unspecified atom stereocenters. The molecule has 0 spiro atoms. The van der Waals surface area contributed by atoms with Crippen molar-refractivity contribution >= 4 is 22.8 Å². The van der Waals surface area contributed by atoms with Gasteiger partial charge in [-0.2, -0.15) is 0 Å². The molecule has 1 aliphatic heterocycles. The monoisotopic (exact) mass is 466 g/mol. The van der Waals surface area contributed by atoms with E-state index in [2.05, 4.69) is 0 Å². The Morgan fingerprint density at radius 3 is 2.29 bits per heavy atom. The zero-order valence-electron chi connectivity index (χ0n) is 19.3. The van der Waals surface area contributed by atoms with Crippen LogP contribution in [0.1, 0.15) is 10.4 Å². The second-order valence-electron chi connectivity index (χ2n) is 7.56. The third kappa shape index (κ3) is 4.74. The van der Waals surface area contributed by atoms with Crippen LogP contribution in [0.25, 0.3) is 22.2 Å². The van der Waals surface area contributed by atoms with E-state index in [-0.39, 0.29) is 12.5 Å². The van der Waals surface area contributed by atoms with Gasteiger partial charge in [-0.25, -0.2) is 9.78 Å². The standard InChI is InChI=1S/C25H26N2O7/c1-30-21-12-16(13-22(31-2)24(21)32-3)20-14-18(17-6-4-5-7-19(17)26-20)25(29)34-15-23(28)27-8-10-33-11-9-27/h4-7,12-14H,8-11,15H2,1-3H3. The lowest BCUT2D eigenvalue weighted by molar-refractivity contribution is -0.138. The molecule has 1 aromatic heterocycles. The summed E-state index contributed by atoms with van der Waals surface area (Å²) >= 11 is 0. The van der Waals surface area contributed by atoms with Crippen molar-refractivity contribution in [2.75, 3.05) is 54.2 Å². The maximum Gasteiger partial charge on any atom is 0.339 e. The lowest BCUT2D eigenvalue weighted by Gasteiger charge is -2.26. The summed E-state index contributed by atoms with van der Waals surface area (Å²) in [6.45, 7) is 1.59. The molecule has 0 radical (unpaired) electrons. The summed E-state index contributed by atoms with van der Waals surface area (Å²) in [5, 5.41) is 0.627. The number of carbonyl (C=O) groups excluding carboxylic acids is 2. The third-order valence-electron chi connectivity index (χ3n) is 5.59. The highest BCUT2D eigenvalue weighted by molar-refractivity contribution is 6.05. The number of rotatable bonds is 7. The van der Waals surface area contributed by atoms with Gasteiger partial charge in [-0.3, -0.25) is 4.79 Å². The van der Waals surface area contributed by atoms with E-state index in [9.17, 15) is 9.59 Å². The molecule has 9 heteroatoms. The van der Waals surface area contributed by atoms with Gasteiger partial charge in [0.05, 0.1) is 51.3 Å². The molecule has 0 bridgehead atoms. The first-order valence-electron chi connectivity index (χ1n) is 10.8. The van der Waals surface area contributed by atoms with E-state index in [1.54, 1.807) is 29.2 Å². The minimum Gasteiger partial charge on any atom is -0.493 e. The van der Waals surface area contributed by atoms with Crippen molar-refractivity contribution in [2.45, 2.75) is 0 Å². The number of ether oxygens (including phenoxy) is 5. The smallest absolute Gasteiger partial charge is 0.339 e. The molecule has 1 fully saturated rings. The normalized spacial score (nSPS) is 13.4. The molecule has 2 heterocycles. The minimum absolute atomic E-state index is 0.250. The SMILES string of the molecule is COc1cc(-c2cc(C(=O)OCC(=O)N3CCOCC3)c3ccccc3n2)cc(OC)c1OC. The van der Waals surface area contributed by atoms with Crippen LogP contribution in [-0.2, 0) is 14.3 Å². The molecule has 34 heavy (non-hydrogen) atoms. The predicted octanol–water partition coefficient (Wildman–Crippen LogP) is 2.94. The Morgan fingerprint density at radius 2 is 1.65 bits per heavy atom. The second kappa shape index (κ2) is 10.4. The summed E-state index contributed by atoms with van der Waals surface area (Å²) in [7, 11) is 4.59. The number of hydrogen-bond acceptors (Lipinski definition) is 8. The van der Waals surface area contributed by atoms with Crippen LogP contribution in [0.5, 0.6) is 17.2 Å². The average Bonchev–Trinajstić information content (AvgIpc) is 2.90. The zero-order valence-corrected chi connectivity index (χ0v) is 19.3. The van der Waals surface area contributed by atoms with Crippen molar-refractivity contribution in [2.24, 2.45) is 0 Å². The number of esters is 1. The van der Waals surface area contributed by atoms with Crippen LogP contribution in [0.15, 0.2) is 42.5 Å². The molecule has 178 valence electrons. The minimum atomic E-state index is -0.603. The lowest BCUT2D eigenvalue weighted by Crippen LogP contribution is -2.42. The van der Waals surface area contributed by atoms with Gasteiger partial charge in [-0.1, -0.05) is 18.2 Å². The molecular formula is C25H26N2O7. The van der Waals surface area contributed by atoms with Crippen molar-refractivity contribution in [1.82, 2.24) is 9.88 Å². The highest BCUT2D eigenvalue weighted by atomic mass is 16.5. The number of amides is 1. The van der Waals surface area contributed by atoms with Gasteiger partial charge in [-0.05, 0) is 24.3 Å². The van der Waals surface area contributed by atoms with Gasteiger partial charge >= 0.3 is 5.97 Å². The maximum atomic E-state index is 13.1. The van der Waals surface area contributed by atoms with Crippen molar-refractivity contribution < 1.29 is 33.3 Å². The Bertz CT molecular complexity index is 1180. The molecular weight excluding hydrogens is 440 g/mol. The quantitative estimate of drug-likeness (QED) is 0.491. The predicted molar refractivity (Wildman–Crippen MR) is 125 cm³/mol. The van der Waals surface area contributed by atoms with Gasteiger partial charge < -0.3 is 28.6 Å². The Balaban J connectivity index is 1.68. The molecule has 1 saturated heterocycles. The summed E-state index contributed by atoms with van der Waals surface area (Å²) in [6, 6.07) is 12.4. The number of para-hydroxylation sites is 1. The number of methoxy groups -OCH3 is 3. The molecule has 3 aromatic rings. The number of carbonyl (C=O) groups is 2. The number of morpholine rings is 1. The molecule has 4 rings (SSSR count). The van der Waals surface area contributed by atoms with Crippen LogP contribution in [0, 0.1) is 0 Å². The van der Waals surface area contributed by atoms with Gasteiger partial charge in [0.1, 0.15) is 0 Å². The van der Waals surface area contributed by atoms with Gasteiger partial charge in [0.15, 0.2) is 18.1 Å². The second-order valence-corrected chi connectivity index (χ2v) is 7.56. The molecule has 1 aliphatic rings. The van der Waals surface area contributed by atoms with Crippen molar-refractivity contribution in [1.29, 1.82) is 0 Å². The van der Waals surface area contributed by atoms with Gasteiger partial charge in [0.2, 0.25) is 5.75 Å². The van der Waals surface area contributed by atoms with Gasteiger partial charge in [-0.15, -0.1) is 0 Å². The molecule has 0 aliphatic carbocycles. The van der Waals surface area contributed by atoms with E-state index in [1.165, 1.54) is 21.3 Å². The van der Waals surface area contributed by atoms with E-state index in [1.807, 2.05) is 18.2 Å². The molecule has 1 amide bonds. The van der Waals surface area contributed by atoms with Crippen molar-refractivity contribution in [3.05, 3.63) is 48.0 Å². The van der Waals surface area contributed by atoms with E-state index < -0.39 is 5.97 Å². The topological polar surface area (TPSA) is 96.4 Å². The molecule has 0 N–H and O–H groups in total. The van der Waals surface area contributed by atoms with Crippen LogP contribution < -0.4 is 14.2 Å². The summed E-state index contributed by atoms with van der Waals surface area (Å²) in [5.41, 5.74) is 2.10. The Labute approximate surface area is 197 Å². The molecule has 2 aromatic carbocycles. The fourth-order valence-electron chi connectivity index (χ4n) is 3.83. The summed E-state index contributed by atoms with van der Waals surface area (Å²) in [6.07, 6.45) is 0. The highest BCUT2D eigenvalue weighted by Gasteiger charge is 2.22. The van der Waals surface area contributed by atoms with E-state index in [0.29, 0.717) is 71.3 Å². The highest BCUT2D eigenvalue weighted by Crippen LogP contribution is 2.41. The summed E-state index contributed by atoms with van der Waals surface area (Å²) in [4.78, 5) is 31.8. The number of nitrogens with zero attached hydrogens (tertiary/aromatic N) is 2. The summed E-state index contributed by atoms with van der Waals surface area (Å²) < 4.78 is 27.0. The molecule has 9 nitrogen and oxygen atoms in total. The lowest BCUT2D eigenvalue weighted by atomic mass is 10.0. The van der Waals surface area contributed by atoms with Crippen LogP contribution >= 0.6 is 0 Å². The number of hydrogen-bond donors (Lipinski definition) is 0. The third-order valence-corrected chi connectivity index (χ3v) is 5.59. The van der Waals surface area contributed by atoms with E-state index in [0.717, 1.165) is 0 Å². The summed E-state index contributed by atoms with van der Waals surface area (Å²) in [5.74, 6) is 0.531. The fraction of sp³-hybridized carbons (Fsp3) is 0.320. The Hall–Kier alpha value is -3.85. The fourth-order valence-corrected chi connectivity index (χ4v) is 3.83. The number of benzene rings is 2. The molecule has 0 atom stereocenters. The van der Waals surface area contributed by atoms with E-state index >= 15 is 0 Å². The van der Waals surface area contributed by atoms with Gasteiger partial charge in [0, 0.05) is 24.0 Å². The van der Waals surface area contributed by atoms with Gasteiger partial charge in [0.25, 0.3) is 5.91 Å². The van der Waals surface area contributed by atoms with Crippen LogP contribution in [0.4, 0.5) is 0 Å². The Kier molecular flexibility index (Phi) is 7.12. The number of fused-ring (bicyclic) bond motifs is 1. The zero-order chi connectivity index (χ0) is 24.1. The maximum absolute atomic E-state index is 13.1. The first-order chi connectivity index (χ1) is 16.5.